The summed E-state index contributed by atoms with van der Waals surface area (Å²) in [6.45, 7) is 8.17. The van der Waals surface area contributed by atoms with Gasteiger partial charge in [0.2, 0.25) is 0 Å². The summed E-state index contributed by atoms with van der Waals surface area (Å²) in [5, 5.41) is 3.08. The highest BCUT2D eigenvalue weighted by Crippen LogP contribution is 2.09. The molecule has 0 aromatic heterocycles. The van der Waals surface area contributed by atoms with Gasteiger partial charge in [-0.2, -0.15) is 0 Å². The zero-order valence-corrected chi connectivity index (χ0v) is 10.1. The molecule has 0 aromatic rings. The van der Waals surface area contributed by atoms with Crippen molar-refractivity contribution < 1.29 is 4.79 Å². The van der Waals surface area contributed by atoms with Gasteiger partial charge in [-0.05, 0) is 32.9 Å². The maximum Gasteiger partial charge on any atom is 0.317 e. The Balaban J connectivity index is 2.34. The van der Waals surface area contributed by atoms with Gasteiger partial charge in [-0.3, -0.25) is 0 Å². The topological polar surface area (TPSA) is 35.6 Å². The highest BCUT2D eigenvalue weighted by atomic mass is 16.2. The standard InChI is InChI=1S/C11H23N3O/c1-4-13(3)11(15)12-10-7-6-8-14(5-2)9-10/h10H,4-9H2,1-3H3,(H,12,15). The van der Waals surface area contributed by atoms with Crippen molar-refractivity contribution in [1.82, 2.24) is 15.1 Å². The molecule has 0 radical (unpaired) electrons. The van der Waals surface area contributed by atoms with Crippen molar-refractivity contribution in [3.05, 3.63) is 0 Å². The Kier molecular flexibility index (Phi) is 4.88. The second kappa shape index (κ2) is 5.95. The van der Waals surface area contributed by atoms with Gasteiger partial charge in [-0.1, -0.05) is 6.92 Å². The number of piperidine rings is 1. The SMILES string of the molecule is CCN1CCCC(NC(=O)N(C)CC)C1. The Morgan fingerprint density at radius 2 is 2.27 bits per heavy atom. The maximum atomic E-state index is 11.6. The van der Waals surface area contributed by atoms with E-state index in [9.17, 15) is 4.79 Å². The van der Waals surface area contributed by atoms with Crippen LogP contribution in [0.25, 0.3) is 0 Å². The first kappa shape index (κ1) is 12.3. The fourth-order valence-corrected chi connectivity index (χ4v) is 1.89. The van der Waals surface area contributed by atoms with E-state index >= 15 is 0 Å². The number of hydrogen-bond acceptors (Lipinski definition) is 2. The second-order valence-electron chi connectivity index (χ2n) is 4.20. The van der Waals surface area contributed by atoms with Gasteiger partial charge >= 0.3 is 6.03 Å². The number of likely N-dealkylation sites (N-methyl/N-ethyl adjacent to an activating group) is 1. The van der Waals surface area contributed by atoms with E-state index in [0.29, 0.717) is 6.04 Å². The molecule has 0 saturated carbocycles. The molecule has 0 bridgehead atoms. The first-order valence-electron chi connectivity index (χ1n) is 5.91. The summed E-state index contributed by atoms with van der Waals surface area (Å²) in [4.78, 5) is 15.7. The third-order valence-corrected chi connectivity index (χ3v) is 3.10. The maximum absolute atomic E-state index is 11.6. The van der Waals surface area contributed by atoms with E-state index in [-0.39, 0.29) is 6.03 Å². The van der Waals surface area contributed by atoms with E-state index in [4.69, 9.17) is 0 Å². The molecule has 0 spiro atoms. The summed E-state index contributed by atoms with van der Waals surface area (Å²) < 4.78 is 0. The number of carbonyl (C=O) groups is 1. The molecule has 1 unspecified atom stereocenters. The molecule has 0 aliphatic carbocycles. The molecule has 1 aliphatic rings. The minimum Gasteiger partial charge on any atom is -0.334 e. The smallest absolute Gasteiger partial charge is 0.317 e. The van der Waals surface area contributed by atoms with Crippen LogP contribution in [0, 0.1) is 0 Å². The lowest BCUT2D eigenvalue weighted by molar-refractivity contribution is 0.177. The molecule has 4 nitrogen and oxygen atoms in total. The quantitative estimate of drug-likeness (QED) is 0.763. The third kappa shape index (κ3) is 3.70. The lowest BCUT2D eigenvalue weighted by atomic mass is 10.1. The predicted molar refractivity (Wildman–Crippen MR) is 62.0 cm³/mol. The number of likely N-dealkylation sites (tertiary alicyclic amines) is 1. The van der Waals surface area contributed by atoms with Crippen LogP contribution in [0.1, 0.15) is 26.7 Å². The summed E-state index contributed by atoms with van der Waals surface area (Å²) in [5.74, 6) is 0. The van der Waals surface area contributed by atoms with Crippen LogP contribution in [0.3, 0.4) is 0 Å². The monoisotopic (exact) mass is 213 g/mol. The Labute approximate surface area is 92.6 Å². The van der Waals surface area contributed by atoms with Crippen LogP contribution in [0.15, 0.2) is 0 Å². The van der Waals surface area contributed by atoms with Crippen molar-refractivity contribution in [2.24, 2.45) is 0 Å². The van der Waals surface area contributed by atoms with Crippen LogP contribution >= 0.6 is 0 Å². The summed E-state index contributed by atoms with van der Waals surface area (Å²) in [6, 6.07) is 0.389. The Morgan fingerprint density at radius 3 is 2.87 bits per heavy atom. The molecule has 2 amide bonds. The van der Waals surface area contributed by atoms with E-state index < -0.39 is 0 Å². The fraction of sp³-hybridized carbons (Fsp3) is 0.909. The van der Waals surface area contributed by atoms with Gasteiger partial charge in [0.15, 0.2) is 0 Å². The first-order chi connectivity index (χ1) is 7.17. The van der Waals surface area contributed by atoms with Crippen molar-refractivity contribution >= 4 is 6.03 Å². The molecule has 4 heteroatoms. The van der Waals surface area contributed by atoms with Crippen LogP contribution < -0.4 is 5.32 Å². The molecule has 0 aromatic carbocycles. The van der Waals surface area contributed by atoms with Crippen molar-refractivity contribution in [1.29, 1.82) is 0 Å². The van der Waals surface area contributed by atoms with Gasteiger partial charge in [0.1, 0.15) is 0 Å². The summed E-state index contributed by atoms with van der Waals surface area (Å²) in [5.41, 5.74) is 0. The van der Waals surface area contributed by atoms with Gasteiger partial charge in [-0.25, -0.2) is 4.79 Å². The zero-order chi connectivity index (χ0) is 11.3. The largest absolute Gasteiger partial charge is 0.334 e. The molecule has 88 valence electrons. The number of amides is 2. The Morgan fingerprint density at radius 1 is 1.53 bits per heavy atom. The van der Waals surface area contributed by atoms with E-state index in [1.54, 1.807) is 4.90 Å². The average Bonchev–Trinajstić information content (AvgIpc) is 2.28. The van der Waals surface area contributed by atoms with Crippen LogP contribution in [0.2, 0.25) is 0 Å². The van der Waals surface area contributed by atoms with Gasteiger partial charge < -0.3 is 15.1 Å². The normalized spacial score (nSPS) is 22.5. The van der Waals surface area contributed by atoms with Crippen LogP contribution in [0.5, 0.6) is 0 Å². The highest BCUT2D eigenvalue weighted by Gasteiger charge is 2.20. The van der Waals surface area contributed by atoms with Gasteiger partial charge in [-0.15, -0.1) is 0 Å². The lowest BCUT2D eigenvalue weighted by Gasteiger charge is -2.33. The van der Waals surface area contributed by atoms with Gasteiger partial charge in [0.05, 0.1) is 0 Å². The summed E-state index contributed by atoms with van der Waals surface area (Å²) in [6.07, 6.45) is 2.30. The van der Waals surface area contributed by atoms with E-state index in [0.717, 1.165) is 26.1 Å². The minimum atomic E-state index is 0.0560. The van der Waals surface area contributed by atoms with Crippen molar-refractivity contribution in [2.45, 2.75) is 32.7 Å². The molecule has 1 fully saturated rings. The Bertz CT molecular complexity index is 208. The summed E-state index contributed by atoms with van der Waals surface area (Å²) >= 11 is 0. The van der Waals surface area contributed by atoms with Crippen LogP contribution in [0.4, 0.5) is 4.79 Å². The number of nitrogens with one attached hydrogen (secondary N) is 1. The van der Waals surface area contributed by atoms with E-state index in [2.05, 4.69) is 17.1 Å². The van der Waals surface area contributed by atoms with Crippen molar-refractivity contribution in [3.8, 4) is 0 Å². The first-order valence-corrected chi connectivity index (χ1v) is 5.91. The summed E-state index contributed by atoms with van der Waals surface area (Å²) in [7, 11) is 1.83. The van der Waals surface area contributed by atoms with E-state index in [1.165, 1.54) is 13.0 Å². The number of nitrogens with zero attached hydrogens (tertiary/aromatic N) is 2. The molecule has 1 aliphatic heterocycles. The second-order valence-corrected chi connectivity index (χ2v) is 4.20. The fourth-order valence-electron chi connectivity index (χ4n) is 1.89. The highest BCUT2D eigenvalue weighted by molar-refractivity contribution is 5.74. The van der Waals surface area contributed by atoms with Crippen LogP contribution in [-0.2, 0) is 0 Å². The lowest BCUT2D eigenvalue weighted by Crippen LogP contribution is -2.50. The molecule has 1 rings (SSSR count). The zero-order valence-electron chi connectivity index (χ0n) is 10.1. The van der Waals surface area contributed by atoms with Gasteiger partial charge in [0, 0.05) is 26.2 Å². The van der Waals surface area contributed by atoms with Crippen LogP contribution in [-0.4, -0.2) is 55.1 Å². The number of carbonyl (C=O) groups excluding carboxylic acids is 1. The Hall–Kier alpha value is -0.770. The average molecular weight is 213 g/mol. The molecule has 15 heavy (non-hydrogen) atoms. The van der Waals surface area contributed by atoms with Gasteiger partial charge in [0.25, 0.3) is 0 Å². The minimum absolute atomic E-state index is 0.0560. The molecule has 1 heterocycles. The number of hydrogen-bond donors (Lipinski definition) is 1. The molecular formula is C11H23N3O. The number of urea groups is 1. The van der Waals surface area contributed by atoms with Crippen molar-refractivity contribution in [2.75, 3.05) is 33.2 Å². The molecule has 1 saturated heterocycles. The molecular weight excluding hydrogens is 190 g/mol. The molecule has 1 atom stereocenters. The van der Waals surface area contributed by atoms with E-state index in [1.807, 2.05) is 14.0 Å². The number of rotatable bonds is 3. The molecule has 1 N–H and O–H groups in total. The van der Waals surface area contributed by atoms with Crippen molar-refractivity contribution in [3.63, 3.8) is 0 Å². The third-order valence-electron chi connectivity index (χ3n) is 3.10. The predicted octanol–water partition coefficient (Wildman–Crippen LogP) is 1.13.